The number of benzene rings is 1. The summed E-state index contributed by atoms with van der Waals surface area (Å²) >= 11 is 0. The van der Waals surface area contributed by atoms with Gasteiger partial charge in [0.15, 0.2) is 0 Å². The molecule has 1 rings (SSSR count). The van der Waals surface area contributed by atoms with Crippen LogP contribution in [0.1, 0.15) is 32.3 Å². The molecule has 0 radical (unpaired) electrons. The van der Waals surface area contributed by atoms with Crippen molar-refractivity contribution >= 4 is 10.1 Å². The first-order valence-electron chi connectivity index (χ1n) is 7.48. The van der Waals surface area contributed by atoms with Crippen molar-refractivity contribution in [2.75, 3.05) is 19.5 Å². The molecule has 0 saturated carbocycles. The van der Waals surface area contributed by atoms with E-state index in [1.165, 1.54) is 0 Å². The molecule has 0 spiro atoms. The van der Waals surface area contributed by atoms with Crippen LogP contribution >= 0.6 is 0 Å². The highest BCUT2D eigenvalue weighted by Crippen LogP contribution is 2.06. The first-order chi connectivity index (χ1) is 10.4. The highest BCUT2D eigenvalue weighted by atomic mass is 32.2. The van der Waals surface area contributed by atoms with Gasteiger partial charge in [-0.05, 0) is 32.3 Å². The average Bonchev–Trinajstić information content (AvgIpc) is 2.43. The molecule has 2 atom stereocenters. The van der Waals surface area contributed by atoms with Gasteiger partial charge in [0.25, 0.3) is 10.1 Å². The molecule has 0 fully saturated rings. The third-order valence-electron chi connectivity index (χ3n) is 3.05. The Labute approximate surface area is 133 Å². The van der Waals surface area contributed by atoms with Crippen LogP contribution in [-0.2, 0) is 30.4 Å². The van der Waals surface area contributed by atoms with E-state index >= 15 is 0 Å². The van der Waals surface area contributed by atoms with Gasteiger partial charge in [-0.15, -0.1) is 0 Å². The van der Waals surface area contributed by atoms with Crippen LogP contribution in [0.15, 0.2) is 30.3 Å². The summed E-state index contributed by atoms with van der Waals surface area (Å²) < 4.78 is 38.0. The maximum absolute atomic E-state index is 11.0. The molecule has 1 aromatic rings. The second-order valence-electron chi connectivity index (χ2n) is 5.41. The molecule has 22 heavy (non-hydrogen) atoms. The molecule has 0 heterocycles. The Morgan fingerprint density at radius 1 is 1.00 bits per heavy atom. The number of hydrogen-bond acceptors (Lipinski definition) is 5. The van der Waals surface area contributed by atoms with Crippen molar-refractivity contribution in [2.24, 2.45) is 0 Å². The summed E-state index contributed by atoms with van der Waals surface area (Å²) in [5.74, 6) is 0. The Morgan fingerprint density at radius 3 is 2.27 bits per heavy atom. The fourth-order valence-electron chi connectivity index (χ4n) is 1.88. The van der Waals surface area contributed by atoms with Gasteiger partial charge in [0.2, 0.25) is 0 Å². The van der Waals surface area contributed by atoms with E-state index in [0.29, 0.717) is 26.2 Å². The quantitative estimate of drug-likeness (QED) is 0.461. The van der Waals surface area contributed by atoms with Gasteiger partial charge in [0.05, 0.1) is 25.1 Å². The molecular weight excluding hydrogens is 304 g/mol. The van der Waals surface area contributed by atoms with Crippen LogP contribution in [0.5, 0.6) is 0 Å². The third kappa shape index (κ3) is 9.89. The van der Waals surface area contributed by atoms with Crippen molar-refractivity contribution in [3.05, 3.63) is 35.9 Å². The second-order valence-corrected chi connectivity index (χ2v) is 7.01. The van der Waals surface area contributed by atoms with Crippen LogP contribution in [0, 0.1) is 0 Å². The van der Waals surface area contributed by atoms with Gasteiger partial charge in [0.1, 0.15) is 0 Å². The van der Waals surface area contributed by atoms with Gasteiger partial charge in [-0.2, -0.15) is 8.42 Å². The first-order valence-corrected chi connectivity index (χ1v) is 9.30. The van der Waals surface area contributed by atoms with E-state index < -0.39 is 10.1 Å². The summed E-state index contributed by atoms with van der Waals surface area (Å²) in [7, 11) is -3.39. The fourth-order valence-corrected chi connectivity index (χ4v) is 2.57. The number of ether oxygens (including phenoxy) is 2. The molecule has 0 aliphatic carbocycles. The van der Waals surface area contributed by atoms with Crippen molar-refractivity contribution in [2.45, 2.75) is 45.5 Å². The van der Waals surface area contributed by atoms with Crippen molar-refractivity contribution in [1.29, 1.82) is 0 Å². The van der Waals surface area contributed by atoms with Gasteiger partial charge in [0, 0.05) is 13.2 Å². The molecule has 0 saturated heterocycles. The summed E-state index contributed by atoms with van der Waals surface area (Å²) in [5, 5.41) is 0. The molecule has 1 aromatic carbocycles. The van der Waals surface area contributed by atoms with E-state index in [0.717, 1.165) is 18.2 Å². The summed E-state index contributed by atoms with van der Waals surface area (Å²) in [6, 6.07) is 10.0. The maximum atomic E-state index is 11.0. The largest absolute Gasteiger partial charge is 0.378 e. The zero-order valence-corrected chi connectivity index (χ0v) is 14.3. The van der Waals surface area contributed by atoms with Crippen molar-refractivity contribution < 1.29 is 22.1 Å². The van der Waals surface area contributed by atoms with Crippen molar-refractivity contribution in [3.8, 4) is 0 Å². The van der Waals surface area contributed by atoms with Gasteiger partial charge in [-0.3, -0.25) is 4.18 Å². The van der Waals surface area contributed by atoms with Gasteiger partial charge >= 0.3 is 0 Å². The third-order valence-corrected chi connectivity index (χ3v) is 3.72. The topological polar surface area (TPSA) is 61.8 Å². The minimum Gasteiger partial charge on any atom is -0.378 e. The van der Waals surface area contributed by atoms with Gasteiger partial charge < -0.3 is 9.47 Å². The smallest absolute Gasteiger partial charge is 0.264 e. The lowest BCUT2D eigenvalue weighted by atomic mass is 10.2. The predicted molar refractivity (Wildman–Crippen MR) is 86.1 cm³/mol. The molecule has 0 aliphatic rings. The fraction of sp³-hybridized carbons (Fsp3) is 0.625. The Hall–Kier alpha value is -0.950. The molecule has 5 nitrogen and oxygen atoms in total. The standard InChI is InChI=1S/C16H26O5S/c1-14(20-12-10-15(2)21-22(3,17)18)9-11-19-13-16-7-5-4-6-8-16/h4-8,14-15H,9-13H2,1-3H3/t14-,15-/m0/s1. The summed E-state index contributed by atoms with van der Waals surface area (Å²) in [5.41, 5.74) is 1.16. The maximum Gasteiger partial charge on any atom is 0.264 e. The van der Waals surface area contributed by atoms with Gasteiger partial charge in [-0.25, -0.2) is 0 Å². The van der Waals surface area contributed by atoms with Crippen LogP contribution < -0.4 is 0 Å². The van der Waals surface area contributed by atoms with E-state index in [9.17, 15) is 8.42 Å². The molecule has 0 aliphatic heterocycles. The molecule has 6 heteroatoms. The molecule has 126 valence electrons. The summed E-state index contributed by atoms with van der Waals surface area (Å²) in [6.07, 6.45) is 2.10. The van der Waals surface area contributed by atoms with E-state index in [2.05, 4.69) is 0 Å². The van der Waals surface area contributed by atoms with Crippen LogP contribution in [0.3, 0.4) is 0 Å². The lowest BCUT2D eigenvalue weighted by Crippen LogP contribution is -2.19. The Kier molecular flexibility index (Phi) is 8.63. The zero-order chi connectivity index (χ0) is 16.4. The minimum absolute atomic E-state index is 0.0706. The highest BCUT2D eigenvalue weighted by Gasteiger charge is 2.11. The molecule has 0 bridgehead atoms. The Bertz CT molecular complexity index is 501. The zero-order valence-electron chi connectivity index (χ0n) is 13.5. The van der Waals surface area contributed by atoms with E-state index in [4.69, 9.17) is 13.7 Å². The predicted octanol–water partition coefficient (Wildman–Crippen LogP) is 2.75. The van der Waals surface area contributed by atoms with E-state index in [1.54, 1.807) is 6.92 Å². The molecule has 0 aromatic heterocycles. The van der Waals surface area contributed by atoms with Crippen LogP contribution in [0.4, 0.5) is 0 Å². The molecule has 0 amide bonds. The van der Waals surface area contributed by atoms with Crippen LogP contribution in [0.25, 0.3) is 0 Å². The Balaban J connectivity index is 2.05. The molecular formula is C16H26O5S. The minimum atomic E-state index is -3.39. The Morgan fingerprint density at radius 2 is 1.64 bits per heavy atom. The van der Waals surface area contributed by atoms with E-state index in [-0.39, 0.29) is 12.2 Å². The van der Waals surface area contributed by atoms with Crippen LogP contribution in [0.2, 0.25) is 0 Å². The highest BCUT2D eigenvalue weighted by molar-refractivity contribution is 7.86. The lowest BCUT2D eigenvalue weighted by molar-refractivity contribution is 0.0178. The SMILES string of the molecule is C[C@@H](CCOCc1ccccc1)OCC[C@H](C)OS(C)(=O)=O. The van der Waals surface area contributed by atoms with Crippen molar-refractivity contribution in [1.82, 2.24) is 0 Å². The summed E-state index contributed by atoms with van der Waals surface area (Å²) in [4.78, 5) is 0. The molecule has 0 unspecified atom stereocenters. The lowest BCUT2D eigenvalue weighted by Gasteiger charge is -2.15. The van der Waals surface area contributed by atoms with Gasteiger partial charge in [-0.1, -0.05) is 30.3 Å². The summed E-state index contributed by atoms with van der Waals surface area (Å²) in [6.45, 7) is 5.40. The molecule has 0 N–H and O–H groups in total. The van der Waals surface area contributed by atoms with E-state index in [1.807, 2.05) is 37.3 Å². The van der Waals surface area contributed by atoms with Crippen LogP contribution in [-0.4, -0.2) is 40.1 Å². The first kappa shape index (κ1) is 19.1. The second kappa shape index (κ2) is 9.94. The number of rotatable bonds is 11. The number of hydrogen-bond donors (Lipinski definition) is 0. The van der Waals surface area contributed by atoms with Crippen molar-refractivity contribution in [3.63, 3.8) is 0 Å². The average molecular weight is 330 g/mol. The monoisotopic (exact) mass is 330 g/mol. The normalized spacial score (nSPS) is 14.7.